The van der Waals surface area contributed by atoms with Crippen molar-refractivity contribution in [2.24, 2.45) is 0 Å². The van der Waals surface area contributed by atoms with E-state index in [0.29, 0.717) is 0 Å². The Morgan fingerprint density at radius 1 is 0.279 bits per heavy atom. The van der Waals surface area contributed by atoms with Crippen LogP contribution in [-0.2, 0) is 26.2 Å². The van der Waals surface area contributed by atoms with Crippen LogP contribution in [0.1, 0.15) is 285 Å². The Morgan fingerprint density at radius 2 is 0.456 bits per heavy atom. The highest BCUT2D eigenvalue weighted by Crippen LogP contribution is 2.15. The minimum absolute atomic E-state index is 1.20. The lowest BCUT2D eigenvalue weighted by atomic mass is 10.1. The summed E-state index contributed by atoms with van der Waals surface area (Å²) in [4.78, 5) is 0. The molecule has 68 heavy (non-hydrogen) atoms. The number of aromatic nitrogens is 4. The molecule has 2 aromatic heterocycles. The molecule has 2 heterocycles. The smallest absolute Gasteiger partial charge is 0.418 e. The highest BCUT2D eigenvalue weighted by atomic mass is 19.5. The molecule has 0 aliphatic rings. The van der Waals surface area contributed by atoms with Gasteiger partial charge in [-0.3, -0.25) is 0 Å². The molecule has 2 aromatic rings. The zero-order valence-corrected chi connectivity index (χ0v) is 44.5. The summed E-state index contributed by atoms with van der Waals surface area (Å²) in [6, 6.07) is 0. The Balaban J connectivity index is 0. The summed E-state index contributed by atoms with van der Waals surface area (Å²) in [5.41, 5.74) is 0. The lowest BCUT2D eigenvalue weighted by Crippen LogP contribution is -2.30. The second kappa shape index (κ2) is 51.3. The van der Waals surface area contributed by atoms with Gasteiger partial charge in [-0.05, 0) is 51.4 Å². The molecule has 0 N–H and O–H groups in total. The van der Waals surface area contributed by atoms with Crippen LogP contribution in [0.25, 0.3) is 0 Å². The number of imidazole rings is 2. The number of hydrogen-bond acceptors (Lipinski definition) is 0. The van der Waals surface area contributed by atoms with Gasteiger partial charge in [0, 0.05) is 0 Å². The lowest BCUT2D eigenvalue weighted by molar-refractivity contribution is -0.697. The van der Waals surface area contributed by atoms with Gasteiger partial charge in [0.05, 0.1) is 26.2 Å². The number of nitrogens with zero attached hydrogens (tertiary/aromatic N) is 4. The third-order valence-electron chi connectivity index (χ3n) is 12.6. The first-order valence-corrected chi connectivity index (χ1v) is 28.6. The molecule has 14 heteroatoms. The minimum atomic E-state index is -6.00. The molecular weight excluding hydrogens is 878 g/mol. The molecule has 0 aromatic carbocycles. The van der Waals surface area contributed by atoms with E-state index in [2.05, 4.69) is 83.4 Å². The zero-order chi connectivity index (χ0) is 50.7. The van der Waals surface area contributed by atoms with Crippen molar-refractivity contribution < 1.29 is 43.7 Å². The molecule has 0 spiro atoms. The molecule has 404 valence electrons. The molecule has 0 unspecified atom stereocenters. The number of unbranched alkanes of at least 4 members (excludes halogenated alkanes) is 36. The van der Waals surface area contributed by atoms with Crippen molar-refractivity contribution in [2.75, 3.05) is 0 Å². The normalized spacial score (nSPS) is 11.5. The standard InChI is InChI=1S/2C27H53N2.2BF4/c2*1-3-5-7-9-11-13-15-17-19-21-23-28-25-26-29(27-28)24-22-20-18-16-14-12-10-8-6-4-2;2*2-1(3,4)5/h2*25-27H,3-24H2,1-2H3;;/q2*+1;2*-1. The molecule has 0 atom stereocenters. The molecule has 0 aliphatic carbocycles. The Labute approximate surface area is 414 Å². The predicted molar refractivity (Wildman–Crippen MR) is 277 cm³/mol. The summed E-state index contributed by atoms with van der Waals surface area (Å²) in [5, 5.41) is 0. The van der Waals surface area contributed by atoms with Gasteiger partial charge in [-0.15, -0.1) is 0 Å². The molecule has 0 saturated carbocycles. The van der Waals surface area contributed by atoms with Crippen LogP contribution in [0.3, 0.4) is 0 Å². The second-order valence-electron chi connectivity index (χ2n) is 19.5. The van der Waals surface area contributed by atoms with Gasteiger partial charge in [0.1, 0.15) is 24.8 Å². The molecule has 0 fully saturated rings. The molecule has 0 aliphatic heterocycles. The molecule has 0 bridgehead atoms. The number of rotatable bonds is 44. The van der Waals surface area contributed by atoms with Crippen molar-refractivity contribution in [1.29, 1.82) is 0 Å². The van der Waals surface area contributed by atoms with Crippen molar-refractivity contribution >= 4 is 14.5 Å². The molecule has 0 amide bonds. The zero-order valence-electron chi connectivity index (χ0n) is 44.5. The van der Waals surface area contributed by atoms with Crippen LogP contribution in [0.4, 0.5) is 34.5 Å². The first-order valence-electron chi connectivity index (χ1n) is 28.6. The van der Waals surface area contributed by atoms with Crippen molar-refractivity contribution in [1.82, 2.24) is 9.13 Å². The maximum Gasteiger partial charge on any atom is 0.673 e. The maximum atomic E-state index is 9.75. The lowest BCUT2D eigenvalue weighted by Gasteiger charge is -2.02. The fourth-order valence-corrected chi connectivity index (χ4v) is 8.53. The Hall–Kier alpha value is -2.01. The fourth-order valence-electron chi connectivity index (χ4n) is 8.53. The summed E-state index contributed by atoms with van der Waals surface area (Å²) in [6.07, 6.45) is 70.5. The molecule has 0 saturated heterocycles. The van der Waals surface area contributed by atoms with Gasteiger partial charge in [-0.25, -0.2) is 18.3 Å². The monoisotopic (exact) mass is 985 g/mol. The first kappa shape index (κ1) is 68.1. The largest absolute Gasteiger partial charge is 0.673 e. The van der Waals surface area contributed by atoms with E-state index in [1.54, 1.807) is 0 Å². The van der Waals surface area contributed by atoms with Gasteiger partial charge in [0.2, 0.25) is 12.7 Å². The SMILES string of the molecule is CCCCCCCCCCCCn1cc[n+](CCCCCCCCCCCC)c1.CCCCCCCCCCCCn1cc[n+](CCCCCCCCCCCC)c1.F[B-](F)(F)F.F[B-](F)(F)F. The number of aryl methyl sites for hydroxylation is 4. The first-order chi connectivity index (χ1) is 32.7. The molecule has 4 nitrogen and oxygen atoms in total. The quantitative estimate of drug-likeness (QED) is 0.0273. The summed E-state index contributed by atoms with van der Waals surface area (Å²) < 4.78 is 87.6. The van der Waals surface area contributed by atoms with Crippen LogP contribution in [0, 0.1) is 0 Å². The predicted octanol–water partition coefficient (Wildman–Crippen LogP) is 19.8. The van der Waals surface area contributed by atoms with Crippen LogP contribution in [0.5, 0.6) is 0 Å². The Morgan fingerprint density at radius 3 is 0.662 bits per heavy atom. The fraction of sp³-hybridized carbons (Fsp3) is 0.889. The number of halogens is 8. The van der Waals surface area contributed by atoms with Gasteiger partial charge in [0.15, 0.2) is 0 Å². The Bertz CT molecular complexity index is 1080. The van der Waals surface area contributed by atoms with E-state index in [1.165, 1.54) is 283 Å². The van der Waals surface area contributed by atoms with Gasteiger partial charge >= 0.3 is 14.5 Å². The third-order valence-corrected chi connectivity index (χ3v) is 12.6. The second-order valence-corrected chi connectivity index (χ2v) is 19.5. The molecule has 2 rings (SSSR count). The van der Waals surface area contributed by atoms with E-state index in [0.717, 1.165) is 0 Å². The van der Waals surface area contributed by atoms with Crippen LogP contribution < -0.4 is 9.13 Å². The van der Waals surface area contributed by atoms with Crippen molar-refractivity contribution in [3.63, 3.8) is 0 Å². The highest BCUT2D eigenvalue weighted by Gasteiger charge is 2.21. The van der Waals surface area contributed by atoms with Crippen molar-refractivity contribution in [2.45, 2.75) is 311 Å². The van der Waals surface area contributed by atoms with Crippen LogP contribution in [0.15, 0.2) is 37.4 Å². The van der Waals surface area contributed by atoms with Crippen LogP contribution in [0.2, 0.25) is 0 Å². The minimum Gasteiger partial charge on any atom is -0.418 e. The summed E-state index contributed by atoms with van der Waals surface area (Å²) in [6.45, 7) is 14.0. The summed E-state index contributed by atoms with van der Waals surface area (Å²) in [7, 11) is -12.0. The van der Waals surface area contributed by atoms with E-state index >= 15 is 0 Å². The highest BCUT2D eigenvalue weighted by molar-refractivity contribution is 6.50. The van der Waals surface area contributed by atoms with Gasteiger partial charge in [-0.1, -0.05) is 233 Å². The Kier molecular flexibility index (Phi) is 51.4. The van der Waals surface area contributed by atoms with Gasteiger partial charge in [0.25, 0.3) is 0 Å². The summed E-state index contributed by atoms with van der Waals surface area (Å²) >= 11 is 0. The third kappa shape index (κ3) is 62.0. The number of hydrogen-bond donors (Lipinski definition) is 0. The maximum absolute atomic E-state index is 9.75. The van der Waals surface area contributed by atoms with E-state index in [4.69, 9.17) is 0 Å². The van der Waals surface area contributed by atoms with E-state index < -0.39 is 14.5 Å². The van der Waals surface area contributed by atoms with E-state index in [9.17, 15) is 34.5 Å². The van der Waals surface area contributed by atoms with Gasteiger partial charge < -0.3 is 34.5 Å². The topological polar surface area (TPSA) is 17.6 Å². The van der Waals surface area contributed by atoms with E-state index in [-0.39, 0.29) is 0 Å². The average Bonchev–Trinajstić information content (AvgIpc) is 3.94. The molecule has 0 radical (unpaired) electrons. The van der Waals surface area contributed by atoms with Crippen molar-refractivity contribution in [3.8, 4) is 0 Å². The average molecular weight is 985 g/mol. The van der Waals surface area contributed by atoms with E-state index in [1.807, 2.05) is 0 Å². The van der Waals surface area contributed by atoms with Crippen LogP contribution in [-0.4, -0.2) is 23.6 Å². The summed E-state index contributed by atoms with van der Waals surface area (Å²) in [5.74, 6) is 0. The van der Waals surface area contributed by atoms with Gasteiger partial charge in [-0.2, -0.15) is 0 Å². The van der Waals surface area contributed by atoms with Crippen LogP contribution >= 0.6 is 0 Å². The molecular formula is C54H106B2F8N4. The van der Waals surface area contributed by atoms with Crippen molar-refractivity contribution in [3.05, 3.63) is 37.4 Å².